The minimum Gasteiger partial charge on any atom is -0.378 e. The second kappa shape index (κ2) is 10.4. The van der Waals surface area contributed by atoms with Crippen molar-refractivity contribution in [1.82, 2.24) is 14.9 Å². The second-order valence-corrected chi connectivity index (χ2v) is 11.2. The Morgan fingerprint density at radius 1 is 0.886 bits per heavy atom. The molecule has 3 fully saturated rings. The van der Waals surface area contributed by atoms with Crippen molar-refractivity contribution in [3.05, 3.63) is 63.5 Å². The number of halogens is 9. The van der Waals surface area contributed by atoms with E-state index in [-0.39, 0.29) is 69.9 Å². The number of ether oxygens (including phenoxy) is 1. The van der Waals surface area contributed by atoms with E-state index < -0.39 is 86.4 Å². The second-order valence-electron chi connectivity index (χ2n) is 11.2. The maximum atomic E-state index is 15.3. The molecule has 2 aliphatic carbocycles. The highest BCUT2D eigenvalue weighted by Gasteiger charge is 2.77. The number of rotatable bonds is 7. The van der Waals surface area contributed by atoms with Gasteiger partial charge in [0.15, 0.2) is 28.9 Å². The molecule has 0 atom stereocenters. The predicted octanol–water partition coefficient (Wildman–Crippen LogP) is 5.26. The lowest BCUT2D eigenvalue weighted by Crippen LogP contribution is -2.69. The van der Waals surface area contributed by atoms with Gasteiger partial charge in [-0.1, -0.05) is 0 Å². The standard InChI is InChI=1S/C28H23F9N4O3/c29-15-9-18(30)21(19(31)10-15)41-12-17(22(42)16-11-20(32)24(38-23(16)41)40-5-7-44-8-6-40)25(43)39-26(13-1-2-13,14-3-4-14)27(33,34)28(35,36)37/h9-14H,1-8H2,(H,39,43). The fourth-order valence-electron chi connectivity index (χ4n) is 6.00. The Bertz CT molecular complexity index is 1680. The summed E-state index contributed by atoms with van der Waals surface area (Å²) in [5.41, 5.74) is -7.19. The summed E-state index contributed by atoms with van der Waals surface area (Å²) in [5.74, 6) is -15.4. The fraction of sp³-hybridized carbons (Fsp3) is 0.464. The van der Waals surface area contributed by atoms with Crippen molar-refractivity contribution in [3.8, 4) is 5.69 Å². The number of alkyl halides is 5. The number of anilines is 1. The van der Waals surface area contributed by atoms with Crippen LogP contribution in [0, 0.1) is 35.1 Å². The Morgan fingerprint density at radius 3 is 1.98 bits per heavy atom. The number of carbonyl (C=O) groups excluding carboxylic acids is 1. The molecule has 6 rings (SSSR count). The number of nitrogens with one attached hydrogen (secondary N) is 1. The van der Waals surface area contributed by atoms with Crippen molar-refractivity contribution in [2.75, 3.05) is 31.2 Å². The van der Waals surface area contributed by atoms with E-state index in [1.807, 2.05) is 5.32 Å². The Labute approximate surface area is 242 Å². The number of hydrogen-bond acceptors (Lipinski definition) is 5. The third-order valence-electron chi connectivity index (χ3n) is 8.33. The number of fused-ring (bicyclic) bond motifs is 1. The topological polar surface area (TPSA) is 76.5 Å². The minimum atomic E-state index is -6.06. The average Bonchev–Trinajstić information content (AvgIpc) is 3.86. The van der Waals surface area contributed by atoms with E-state index in [9.17, 15) is 27.2 Å². The van der Waals surface area contributed by atoms with E-state index >= 15 is 22.0 Å². The van der Waals surface area contributed by atoms with Gasteiger partial charge in [0, 0.05) is 31.4 Å². The van der Waals surface area contributed by atoms with E-state index in [4.69, 9.17) is 4.74 Å². The number of hydrogen-bond donors (Lipinski definition) is 1. The van der Waals surface area contributed by atoms with Crippen LogP contribution in [0.15, 0.2) is 29.2 Å². The molecule has 1 aliphatic heterocycles. The van der Waals surface area contributed by atoms with Gasteiger partial charge in [0.05, 0.1) is 18.6 Å². The van der Waals surface area contributed by atoms with Gasteiger partial charge in [-0.05, 0) is 43.6 Å². The Kier molecular flexibility index (Phi) is 7.13. The van der Waals surface area contributed by atoms with E-state index in [1.54, 1.807) is 0 Å². The van der Waals surface area contributed by atoms with Crippen LogP contribution in [0.5, 0.6) is 0 Å². The van der Waals surface area contributed by atoms with Gasteiger partial charge < -0.3 is 15.0 Å². The SMILES string of the molecule is O=C(NC(C1CC1)(C1CC1)C(F)(F)C(F)(F)F)c1cn(-c2c(F)cc(F)cc2F)c2nc(N3CCOCC3)c(F)cc2c1=O. The number of pyridine rings is 2. The Hall–Kier alpha value is -3.82. The summed E-state index contributed by atoms with van der Waals surface area (Å²) < 4.78 is 137. The van der Waals surface area contributed by atoms with Gasteiger partial charge in [-0.15, -0.1) is 0 Å². The van der Waals surface area contributed by atoms with E-state index in [2.05, 4.69) is 4.98 Å². The molecule has 0 spiro atoms. The summed E-state index contributed by atoms with van der Waals surface area (Å²) in [6.07, 6.45) is -5.72. The molecule has 16 heteroatoms. The van der Waals surface area contributed by atoms with Crippen LogP contribution in [0.3, 0.4) is 0 Å². The van der Waals surface area contributed by atoms with Crippen LogP contribution < -0.4 is 15.6 Å². The lowest BCUT2D eigenvalue weighted by Gasteiger charge is -2.42. The molecule has 3 aliphatic rings. The quantitative estimate of drug-likeness (QED) is 0.359. The van der Waals surface area contributed by atoms with Crippen molar-refractivity contribution < 1.29 is 49.0 Å². The molecule has 1 N–H and O–H groups in total. The highest BCUT2D eigenvalue weighted by Crippen LogP contribution is 2.62. The van der Waals surface area contributed by atoms with Crippen LogP contribution in [0.25, 0.3) is 16.7 Å². The highest BCUT2D eigenvalue weighted by atomic mass is 19.4. The molecule has 3 heterocycles. The normalized spacial score (nSPS) is 18.2. The number of aromatic nitrogens is 2. The Balaban J connectivity index is 1.56. The van der Waals surface area contributed by atoms with Crippen molar-refractivity contribution >= 4 is 22.8 Å². The number of nitrogens with zero attached hydrogens (tertiary/aromatic N) is 3. The summed E-state index contributed by atoms with van der Waals surface area (Å²) in [5, 5.41) is 1.08. The molecule has 236 valence electrons. The minimum absolute atomic E-state index is 0.0458. The van der Waals surface area contributed by atoms with Gasteiger partial charge in [0.2, 0.25) is 5.43 Å². The van der Waals surface area contributed by atoms with Crippen LogP contribution in [0.2, 0.25) is 0 Å². The summed E-state index contributed by atoms with van der Waals surface area (Å²) in [7, 11) is 0. The van der Waals surface area contributed by atoms with E-state index in [0.29, 0.717) is 16.8 Å². The van der Waals surface area contributed by atoms with Gasteiger partial charge in [0.25, 0.3) is 5.91 Å². The third-order valence-corrected chi connectivity index (χ3v) is 8.33. The zero-order valence-electron chi connectivity index (χ0n) is 22.6. The van der Waals surface area contributed by atoms with Gasteiger partial charge in [-0.25, -0.2) is 22.5 Å². The molecular weight excluding hydrogens is 611 g/mol. The molecule has 0 radical (unpaired) electrons. The molecule has 3 aromatic rings. The van der Waals surface area contributed by atoms with Crippen molar-refractivity contribution in [2.24, 2.45) is 11.8 Å². The highest BCUT2D eigenvalue weighted by molar-refractivity contribution is 5.98. The lowest BCUT2D eigenvalue weighted by molar-refractivity contribution is -0.316. The van der Waals surface area contributed by atoms with Crippen LogP contribution in [0.1, 0.15) is 36.0 Å². The summed E-state index contributed by atoms with van der Waals surface area (Å²) >= 11 is 0. The van der Waals surface area contributed by atoms with Crippen LogP contribution in [-0.4, -0.2) is 59.4 Å². The van der Waals surface area contributed by atoms with Crippen LogP contribution in [-0.2, 0) is 4.74 Å². The monoisotopic (exact) mass is 634 g/mol. The molecule has 1 aromatic carbocycles. The van der Waals surface area contributed by atoms with Gasteiger partial charge in [-0.3, -0.25) is 14.2 Å². The van der Waals surface area contributed by atoms with Crippen molar-refractivity contribution in [3.63, 3.8) is 0 Å². The first kappa shape index (κ1) is 30.2. The predicted molar refractivity (Wildman–Crippen MR) is 137 cm³/mol. The van der Waals surface area contributed by atoms with Gasteiger partial charge in [-0.2, -0.15) is 22.0 Å². The van der Waals surface area contributed by atoms with Gasteiger partial charge >= 0.3 is 12.1 Å². The van der Waals surface area contributed by atoms with Crippen molar-refractivity contribution in [1.29, 1.82) is 0 Å². The first-order chi connectivity index (χ1) is 20.7. The average molecular weight is 634 g/mol. The summed E-state index contributed by atoms with van der Waals surface area (Å²) in [6, 6.07) is 1.19. The molecular formula is C28H23F9N4O3. The number of carbonyl (C=O) groups is 1. The third kappa shape index (κ3) is 4.77. The molecule has 0 bridgehead atoms. The lowest BCUT2D eigenvalue weighted by atomic mass is 9.80. The molecule has 1 amide bonds. The maximum Gasteiger partial charge on any atom is 0.455 e. The smallest absolute Gasteiger partial charge is 0.378 e. The molecule has 1 saturated heterocycles. The molecule has 44 heavy (non-hydrogen) atoms. The van der Waals surface area contributed by atoms with Crippen LogP contribution >= 0.6 is 0 Å². The van der Waals surface area contributed by atoms with E-state index in [1.165, 1.54) is 4.90 Å². The summed E-state index contributed by atoms with van der Waals surface area (Å²) in [4.78, 5) is 32.6. The molecule has 7 nitrogen and oxygen atoms in total. The zero-order chi connectivity index (χ0) is 31.8. The first-order valence-corrected chi connectivity index (χ1v) is 13.7. The Morgan fingerprint density at radius 2 is 1.45 bits per heavy atom. The van der Waals surface area contributed by atoms with Crippen molar-refractivity contribution in [2.45, 2.75) is 43.3 Å². The first-order valence-electron chi connectivity index (χ1n) is 13.7. The largest absolute Gasteiger partial charge is 0.455 e. The fourth-order valence-corrected chi connectivity index (χ4v) is 6.00. The summed E-state index contributed by atoms with van der Waals surface area (Å²) in [6.45, 7) is 0.658. The number of morpholine rings is 1. The molecule has 2 saturated carbocycles. The zero-order valence-corrected chi connectivity index (χ0v) is 22.6. The maximum absolute atomic E-state index is 15.3. The molecule has 0 unspecified atom stereocenters. The van der Waals surface area contributed by atoms with Crippen LogP contribution in [0.4, 0.5) is 45.3 Å². The number of amides is 1. The number of benzene rings is 1. The molecule has 2 aromatic heterocycles. The van der Waals surface area contributed by atoms with E-state index in [0.717, 1.165) is 0 Å². The van der Waals surface area contributed by atoms with Gasteiger partial charge in [0.1, 0.15) is 22.6 Å².